The molecule has 0 aromatic heterocycles. The Morgan fingerprint density at radius 3 is 2.13 bits per heavy atom. The lowest BCUT2D eigenvalue weighted by molar-refractivity contribution is 0.103. The van der Waals surface area contributed by atoms with Gasteiger partial charge in [0.05, 0.1) is 8.80 Å². The molecule has 0 unspecified atom stereocenters. The minimum atomic E-state index is -1.62. The Balaban J connectivity index is 2.29. The van der Waals surface area contributed by atoms with Crippen molar-refractivity contribution in [1.82, 2.24) is 0 Å². The van der Waals surface area contributed by atoms with Gasteiger partial charge in [0, 0.05) is 11.1 Å². The minimum absolute atomic E-state index is 0.0959. The molecule has 0 N–H and O–H groups in total. The number of ketones is 1. The number of carbonyl (C=O) groups excluding carboxylic acids is 1. The van der Waals surface area contributed by atoms with E-state index in [1.54, 1.807) is 0 Å². The van der Waals surface area contributed by atoms with Gasteiger partial charge in [0.25, 0.3) is 0 Å². The summed E-state index contributed by atoms with van der Waals surface area (Å²) < 4.78 is 5.95. The zero-order valence-corrected chi connectivity index (χ0v) is 17.1. The van der Waals surface area contributed by atoms with Crippen LogP contribution in [-0.4, -0.2) is 22.9 Å². The fraction of sp³-hybridized carbons (Fsp3) is 0.316. The van der Waals surface area contributed by atoms with Crippen molar-refractivity contribution in [3.8, 4) is 5.75 Å². The molecule has 2 aromatic carbocycles. The molecule has 122 valence electrons. The summed E-state index contributed by atoms with van der Waals surface area (Å²) in [4.78, 5) is 12.8. The van der Waals surface area contributed by atoms with Crippen LogP contribution in [0.1, 0.15) is 21.5 Å². The topological polar surface area (TPSA) is 26.3 Å². The van der Waals surface area contributed by atoms with Crippen molar-refractivity contribution in [3.63, 3.8) is 0 Å². The molecule has 2 nitrogen and oxygen atoms in total. The van der Waals surface area contributed by atoms with Crippen molar-refractivity contribution in [2.75, 3.05) is 0 Å². The normalized spacial score (nSPS) is 11.6. The van der Waals surface area contributed by atoms with Crippen LogP contribution < -0.4 is 9.61 Å². The maximum atomic E-state index is 12.8. The molecular weight excluding hydrogens is 316 g/mol. The number of benzene rings is 2. The summed E-state index contributed by atoms with van der Waals surface area (Å²) in [6.45, 7) is 13.1. The number of hydrogen-bond donors (Lipinski definition) is 0. The summed E-state index contributed by atoms with van der Waals surface area (Å²) in [5, 5.41) is 1.37. The van der Waals surface area contributed by atoms with Crippen LogP contribution in [0.3, 0.4) is 0 Å². The first-order valence-corrected chi connectivity index (χ1v) is 14.4. The molecule has 0 saturated carbocycles. The Labute approximate surface area is 142 Å². The molecule has 4 heteroatoms. The average molecular weight is 343 g/mol. The van der Waals surface area contributed by atoms with Crippen molar-refractivity contribution >= 4 is 28.1 Å². The van der Waals surface area contributed by atoms with Gasteiger partial charge >= 0.3 is 0 Å². The van der Waals surface area contributed by atoms with Crippen molar-refractivity contribution in [3.05, 3.63) is 59.2 Å². The van der Waals surface area contributed by atoms with Crippen LogP contribution in [0.4, 0.5) is 0 Å². The Kier molecular flexibility index (Phi) is 5.27. The van der Waals surface area contributed by atoms with Crippen LogP contribution in [0.15, 0.2) is 42.5 Å². The van der Waals surface area contributed by atoms with Gasteiger partial charge in [-0.3, -0.25) is 4.79 Å². The lowest BCUT2D eigenvalue weighted by Crippen LogP contribution is -2.29. The number of hydrogen-bond acceptors (Lipinski definition) is 2. The van der Waals surface area contributed by atoms with E-state index >= 15 is 0 Å². The molecule has 0 aliphatic heterocycles. The van der Waals surface area contributed by atoms with Gasteiger partial charge < -0.3 is 4.43 Å². The molecule has 0 fully saturated rings. The van der Waals surface area contributed by atoms with Crippen molar-refractivity contribution < 1.29 is 9.22 Å². The standard InChI is InChI=1S/C19H26O2Si2/c1-14-17(8-7-9-18(14)22(2)3)19(20)15-10-12-16(13-11-15)21-23(4,5)6/h7-13,22H,1-6H3. The predicted octanol–water partition coefficient (Wildman–Crippen LogP) is 4.13. The lowest BCUT2D eigenvalue weighted by atomic mass is 9.99. The van der Waals surface area contributed by atoms with Gasteiger partial charge in [-0.1, -0.05) is 36.5 Å². The fourth-order valence-electron chi connectivity index (χ4n) is 2.71. The highest BCUT2D eigenvalue weighted by Gasteiger charge is 2.18. The zero-order chi connectivity index (χ0) is 17.2. The van der Waals surface area contributed by atoms with E-state index in [9.17, 15) is 4.79 Å². The first kappa shape index (κ1) is 17.7. The van der Waals surface area contributed by atoms with E-state index in [1.807, 2.05) is 36.4 Å². The lowest BCUT2D eigenvalue weighted by Gasteiger charge is -2.19. The summed E-state index contributed by atoms with van der Waals surface area (Å²) in [5.41, 5.74) is 2.68. The van der Waals surface area contributed by atoms with Crippen LogP contribution in [0.25, 0.3) is 0 Å². The molecule has 2 rings (SSSR count). The Hall–Kier alpha value is -1.66. The highest BCUT2D eigenvalue weighted by atomic mass is 28.4. The third kappa shape index (κ3) is 4.42. The quantitative estimate of drug-likeness (QED) is 0.603. The molecule has 0 spiro atoms. The molecule has 2 aromatic rings. The third-order valence-corrected chi connectivity index (χ3v) is 6.50. The fourth-order valence-corrected chi connectivity index (χ4v) is 5.07. The van der Waals surface area contributed by atoms with E-state index in [0.29, 0.717) is 0 Å². The maximum absolute atomic E-state index is 12.8. The molecule has 0 aliphatic rings. The SMILES string of the molecule is Cc1c(C(=O)c2ccc(O[Si](C)(C)C)cc2)cccc1[SiH](C)C. The summed E-state index contributed by atoms with van der Waals surface area (Å²) in [6, 6.07) is 13.7. The molecule has 0 aliphatic carbocycles. The van der Waals surface area contributed by atoms with E-state index in [-0.39, 0.29) is 5.78 Å². The summed E-state index contributed by atoms with van der Waals surface area (Å²) >= 11 is 0. The van der Waals surface area contributed by atoms with Crippen molar-refractivity contribution in [1.29, 1.82) is 0 Å². The number of rotatable bonds is 5. The van der Waals surface area contributed by atoms with Crippen LogP contribution in [-0.2, 0) is 0 Å². The molecule has 0 atom stereocenters. The molecule has 0 saturated heterocycles. The van der Waals surface area contributed by atoms with Crippen LogP contribution >= 0.6 is 0 Å². The maximum Gasteiger partial charge on any atom is 0.242 e. The molecule has 0 heterocycles. The highest BCUT2D eigenvalue weighted by molar-refractivity contribution is 6.71. The molecule has 0 bridgehead atoms. The van der Waals surface area contributed by atoms with Crippen LogP contribution in [0, 0.1) is 6.92 Å². The van der Waals surface area contributed by atoms with Gasteiger partial charge in [0.15, 0.2) is 5.78 Å². The Morgan fingerprint density at radius 2 is 1.61 bits per heavy atom. The zero-order valence-electron chi connectivity index (χ0n) is 14.9. The summed E-state index contributed by atoms with van der Waals surface area (Å²) in [6.07, 6.45) is 0. The van der Waals surface area contributed by atoms with E-state index in [0.717, 1.165) is 22.4 Å². The predicted molar refractivity (Wildman–Crippen MR) is 104 cm³/mol. The first-order chi connectivity index (χ1) is 10.7. The highest BCUT2D eigenvalue weighted by Crippen LogP contribution is 2.19. The van der Waals surface area contributed by atoms with Crippen molar-refractivity contribution in [2.45, 2.75) is 39.7 Å². The Bertz CT molecular complexity index is 698. The number of carbonyl (C=O) groups is 1. The van der Waals surface area contributed by atoms with E-state index in [1.165, 1.54) is 5.19 Å². The van der Waals surface area contributed by atoms with Gasteiger partial charge in [-0.05, 0) is 56.4 Å². The molecule has 0 radical (unpaired) electrons. The van der Waals surface area contributed by atoms with Crippen LogP contribution in [0.2, 0.25) is 32.7 Å². The van der Waals surface area contributed by atoms with Gasteiger partial charge in [-0.15, -0.1) is 0 Å². The molecule has 0 amide bonds. The van der Waals surface area contributed by atoms with E-state index in [2.05, 4.69) is 45.7 Å². The van der Waals surface area contributed by atoms with Crippen LogP contribution in [0.5, 0.6) is 5.75 Å². The van der Waals surface area contributed by atoms with E-state index < -0.39 is 17.1 Å². The monoisotopic (exact) mass is 342 g/mol. The Morgan fingerprint density at radius 1 is 1.00 bits per heavy atom. The van der Waals surface area contributed by atoms with Gasteiger partial charge in [-0.2, -0.15) is 0 Å². The first-order valence-electron chi connectivity index (χ1n) is 8.12. The third-order valence-electron chi connectivity index (χ3n) is 3.78. The van der Waals surface area contributed by atoms with Gasteiger partial charge in [-0.25, -0.2) is 0 Å². The second-order valence-electron chi connectivity index (χ2n) is 7.24. The summed E-state index contributed by atoms with van der Waals surface area (Å²) in [5.74, 6) is 0.944. The average Bonchev–Trinajstić information content (AvgIpc) is 2.45. The molecular formula is C19H26O2Si2. The van der Waals surface area contributed by atoms with Gasteiger partial charge in [0.2, 0.25) is 8.32 Å². The summed E-state index contributed by atoms with van der Waals surface area (Å²) in [7, 11) is -2.55. The largest absolute Gasteiger partial charge is 0.544 e. The van der Waals surface area contributed by atoms with Gasteiger partial charge in [0.1, 0.15) is 5.75 Å². The second-order valence-corrected chi connectivity index (χ2v) is 14.6. The second kappa shape index (κ2) is 6.85. The minimum Gasteiger partial charge on any atom is -0.544 e. The van der Waals surface area contributed by atoms with Crippen molar-refractivity contribution in [2.24, 2.45) is 0 Å². The molecule has 23 heavy (non-hydrogen) atoms. The smallest absolute Gasteiger partial charge is 0.242 e. The van der Waals surface area contributed by atoms with E-state index in [4.69, 9.17) is 4.43 Å².